The van der Waals surface area contributed by atoms with Crippen LogP contribution in [0, 0.1) is 0 Å². The average Bonchev–Trinajstić information content (AvgIpc) is 3.01. The molecule has 1 aromatic heterocycles. The van der Waals surface area contributed by atoms with E-state index in [1.54, 1.807) is 6.33 Å². The maximum absolute atomic E-state index is 4.23. The standard InChI is InChI=1S/C12H14N4/c1-2-5-10(6-3-1)16-9-14-15-12(16)11-7-4-8-13-11/h1-3,5-6,9,11,13H,4,7-8H2/t11-/m0/s1. The van der Waals surface area contributed by atoms with Gasteiger partial charge in [-0.15, -0.1) is 10.2 Å². The fraction of sp³-hybridized carbons (Fsp3) is 0.333. The van der Waals surface area contributed by atoms with Gasteiger partial charge in [0.2, 0.25) is 0 Å². The second kappa shape index (κ2) is 4.06. The van der Waals surface area contributed by atoms with Crippen LogP contribution in [0.4, 0.5) is 0 Å². The molecule has 3 rings (SSSR count). The summed E-state index contributed by atoms with van der Waals surface area (Å²) in [6.45, 7) is 1.08. The van der Waals surface area contributed by atoms with Gasteiger partial charge in [-0.05, 0) is 31.5 Å². The molecule has 2 aromatic rings. The summed E-state index contributed by atoms with van der Waals surface area (Å²) in [5, 5.41) is 11.7. The third kappa shape index (κ3) is 1.61. The summed E-state index contributed by atoms with van der Waals surface area (Å²) in [5.74, 6) is 1.02. The lowest BCUT2D eigenvalue weighted by Gasteiger charge is -2.11. The molecule has 82 valence electrons. The Morgan fingerprint density at radius 3 is 2.88 bits per heavy atom. The van der Waals surface area contributed by atoms with Gasteiger partial charge in [0.05, 0.1) is 6.04 Å². The first-order valence-corrected chi connectivity index (χ1v) is 5.64. The summed E-state index contributed by atoms with van der Waals surface area (Å²) < 4.78 is 2.06. The third-order valence-electron chi connectivity index (χ3n) is 2.98. The van der Waals surface area contributed by atoms with Crippen molar-refractivity contribution in [2.24, 2.45) is 0 Å². The number of rotatable bonds is 2. The van der Waals surface area contributed by atoms with Crippen LogP contribution in [0.2, 0.25) is 0 Å². The third-order valence-corrected chi connectivity index (χ3v) is 2.98. The molecule has 1 aliphatic heterocycles. The zero-order chi connectivity index (χ0) is 10.8. The van der Waals surface area contributed by atoms with Crippen LogP contribution in [0.5, 0.6) is 0 Å². The van der Waals surface area contributed by atoms with Crippen LogP contribution in [0.3, 0.4) is 0 Å². The summed E-state index contributed by atoms with van der Waals surface area (Å²) in [6.07, 6.45) is 4.14. The second-order valence-electron chi connectivity index (χ2n) is 4.04. The van der Waals surface area contributed by atoms with Gasteiger partial charge in [-0.1, -0.05) is 18.2 Å². The monoisotopic (exact) mass is 214 g/mol. The largest absolute Gasteiger partial charge is 0.307 e. The van der Waals surface area contributed by atoms with Gasteiger partial charge in [-0.25, -0.2) is 0 Å². The van der Waals surface area contributed by atoms with E-state index in [0.717, 1.165) is 24.5 Å². The Kier molecular flexibility index (Phi) is 2.42. The molecule has 0 saturated carbocycles. The van der Waals surface area contributed by atoms with Crippen molar-refractivity contribution < 1.29 is 0 Å². The van der Waals surface area contributed by atoms with Crippen molar-refractivity contribution in [1.29, 1.82) is 0 Å². The van der Waals surface area contributed by atoms with Gasteiger partial charge in [0.15, 0.2) is 5.82 Å². The van der Waals surface area contributed by atoms with Gasteiger partial charge < -0.3 is 5.32 Å². The number of aromatic nitrogens is 3. The highest BCUT2D eigenvalue weighted by atomic mass is 15.3. The number of hydrogen-bond acceptors (Lipinski definition) is 3. The van der Waals surface area contributed by atoms with E-state index in [1.165, 1.54) is 6.42 Å². The molecule has 4 heteroatoms. The highest BCUT2D eigenvalue weighted by Gasteiger charge is 2.21. The van der Waals surface area contributed by atoms with Gasteiger partial charge in [-0.3, -0.25) is 4.57 Å². The summed E-state index contributed by atoms with van der Waals surface area (Å²) in [4.78, 5) is 0. The molecule has 0 spiro atoms. The highest BCUT2D eigenvalue weighted by molar-refractivity contribution is 5.32. The Morgan fingerprint density at radius 2 is 2.12 bits per heavy atom. The van der Waals surface area contributed by atoms with Gasteiger partial charge in [-0.2, -0.15) is 0 Å². The van der Waals surface area contributed by atoms with Gasteiger partial charge >= 0.3 is 0 Å². The Labute approximate surface area is 94.3 Å². The lowest BCUT2D eigenvalue weighted by atomic mass is 10.2. The number of hydrogen-bond donors (Lipinski definition) is 1. The summed E-state index contributed by atoms with van der Waals surface area (Å²) in [7, 11) is 0. The minimum Gasteiger partial charge on any atom is -0.307 e. The SMILES string of the molecule is c1ccc(-n2cnnc2[C@@H]2CCCN2)cc1. The Morgan fingerprint density at radius 1 is 1.25 bits per heavy atom. The molecule has 1 aromatic carbocycles. The van der Waals surface area contributed by atoms with E-state index in [0.29, 0.717) is 6.04 Å². The number of nitrogens with one attached hydrogen (secondary N) is 1. The molecule has 1 saturated heterocycles. The van der Waals surface area contributed by atoms with Crippen molar-refractivity contribution in [3.8, 4) is 5.69 Å². The van der Waals surface area contributed by atoms with Crippen LogP contribution < -0.4 is 5.32 Å². The predicted molar refractivity (Wildman–Crippen MR) is 61.3 cm³/mol. The summed E-state index contributed by atoms with van der Waals surface area (Å²) in [5.41, 5.74) is 1.12. The molecule has 0 radical (unpaired) electrons. The molecule has 0 bridgehead atoms. The normalized spacial score (nSPS) is 20.1. The Bertz CT molecular complexity index is 457. The molecule has 1 atom stereocenters. The van der Waals surface area contributed by atoms with Crippen LogP contribution in [0.15, 0.2) is 36.7 Å². The lowest BCUT2D eigenvalue weighted by molar-refractivity contribution is 0.592. The molecule has 0 unspecified atom stereocenters. The van der Waals surface area contributed by atoms with Crippen molar-refractivity contribution in [2.45, 2.75) is 18.9 Å². The van der Waals surface area contributed by atoms with Crippen molar-refractivity contribution in [1.82, 2.24) is 20.1 Å². The minimum absolute atomic E-state index is 0.350. The quantitative estimate of drug-likeness (QED) is 0.827. The maximum atomic E-state index is 4.23. The molecule has 1 fully saturated rings. The molecule has 0 aliphatic carbocycles. The molecule has 4 nitrogen and oxygen atoms in total. The molecular formula is C12H14N4. The van der Waals surface area contributed by atoms with Crippen LogP contribution in [-0.4, -0.2) is 21.3 Å². The van der Waals surface area contributed by atoms with E-state index in [2.05, 4.69) is 32.2 Å². The van der Waals surface area contributed by atoms with Crippen LogP contribution in [0.1, 0.15) is 24.7 Å². The first kappa shape index (κ1) is 9.54. The number of benzene rings is 1. The number of para-hydroxylation sites is 1. The first-order chi connectivity index (χ1) is 7.95. The van der Waals surface area contributed by atoms with E-state index in [4.69, 9.17) is 0 Å². The first-order valence-electron chi connectivity index (χ1n) is 5.64. The minimum atomic E-state index is 0.350. The topological polar surface area (TPSA) is 42.7 Å². The lowest BCUT2D eigenvalue weighted by Crippen LogP contribution is -2.17. The summed E-state index contributed by atoms with van der Waals surface area (Å²) in [6, 6.07) is 10.6. The Balaban J connectivity index is 1.99. The molecule has 1 N–H and O–H groups in total. The predicted octanol–water partition coefficient (Wildman–Crippen LogP) is 1.69. The van der Waals surface area contributed by atoms with Gasteiger partial charge in [0, 0.05) is 5.69 Å². The van der Waals surface area contributed by atoms with E-state index < -0.39 is 0 Å². The van der Waals surface area contributed by atoms with Crippen molar-refractivity contribution in [3.05, 3.63) is 42.5 Å². The number of nitrogens with zero attached hydrogens (tertiary/aromatic N) is 3. The summed E-state index contributed by atoms with van der Waals surface area (Å²) >= 11 is 0. The fourth-order valence-electron chi connectivity index (χ4n) is 2.17. The van der Waals surface area contributed by atoms with Crippen LogP contribution in [-0.2, 0) is 0 Å². The smallest absolute Gasteiger partial charge is 0.154 e. The average molecular weight is 214 g/mol. The molecule has 1 aliphatic rings. The van der Waals surface area contributed by atoms with E-state index >= 15 is 0 Å². The van der Waals surface area contributed by atoms with E-state index in [9.17, 15) is 0 Å². The van der Waals surface area contributed by atoms with Crippen molar-refractivity contribution in [2.75, 3.05) is 6.54 Å². The fourth-order valence-corrected chi connectivity index (χ4v) is 2.17. The van der Waals surface area contributed by atoms with Gasteiger partial charge in [0.25, 0.3) is 0 Å². The van der Waals surface area contributed by atoms with Gasteiger partial charge in [0.1, 0.15) is 6.33 Å². The van der Waals surface area contributed by atoms with E-state index in [-0.39, 0.29) is 0 Å². The van der Waals surface area contributed by atoms with Crippen molar-refractivity contribution in [3.63, 3.8) is 0 Å². The molecule has 0 amide bonds. The second-order valence-corrected chi connectivity index (χ2v) is 4.04. The van der Waals surface area contributed by atoms with E-state index in [1.807, 2.05) is 18.2 Å². The molecular weight excluding hydrogens is 200 g/mol. The Hall–Kier alpha value is -1.68. The van der Waals surface area contributed by atoms with Crippen molar-refractivity contribution >= 4 is 0 Å². The van der Waals surface area contributed by atoms with Crippen LogP contribution in [0.25, 0.3) is 5.69 Å². The zero-order valence-corrected chi connectivity index (χ0v) is 9.00. The highest BCUT2D eigenvalue weighted by Crippen LogP contribution is 2.22. The molecule has 16 heavy (non-hydrogen) atoms. The van der Waals surface area contributed by atoms with Crippen LogP contribution >= 0.6 is 0 Å². The molecule has 2 heterocycles. The zero-order valence-electron chi connectivity index (χ0n) is 9.00. The maximum Gasteiger partial charge on any atom is 0.154 e.